The van der Waals surface area contributed by atoms with Crippen LogP contribution >= 0.6 is 15.9 Å². The van der Waals surface area contributed by atoms with Gasteiger partial charge in [-0.15, -0.1) is 0 Å². The largest absolute Gasteiger partial charge is 0.342 e. The maximum atomic E-state index is 13.8. The predicted molar refractivity (Wildman–Crippen MR) is 113 cm³/mol. The van der Waals surface area contributed by atoms with Crippen molar-refractivity contribution in [3.05, 3.63) is 0 Å². The topological polar surface area (TPSA) is 23.6 Å². The van der Waals surface area contributed by atoms with Crippen molar-refractivity contribution >= 4 is 21.8 Å². The summed E-state index contributed by atoms with van der Waals surface area (Å²) in [6, 6.07) is 0. The zero-order valence-corrected chi connectivity index (χ0v) is 18.7. The number of likely N-dealkylation sites (tertiary alicyclic amines) is 2. The van der Waals surface area contributed by atoms with Crippen LogP contribution in [0.2, 0.25) is 0 Å². The summed E-state index contributed by atoms with van der Waals surface area (Å²) in [6.45, 7) is 8.18. The zero-order valence-electron chi connectivity index (χ0n) is 17.1. The van der Waals surface area contributed by atoms with Gasteiger partial charge in [-0.25, -0.2) is 0 Å². The third kappa shape index (κ3) is 3.63. The Hall–Kier alpha value is -0.0900. The molecule has 4 aliphatic carbocycles. The lowest BCUT2D eigenvalue weighted by molar-refractivity contribution is -0.157. The molecule has 2 heterocycles. The Kier molecular flexibility index (Phi) is 4.91. The van der Waals surface area contributed by atoms with E-state index in [0.717, 1.165) is 37.3 Å². The van der Waals surface area contributed by atoms with Gasteiger partial charge in [0.1, 0.15) is 0 Å². The summed E-state index contributed by atoms with van der Waals surface area (Å²) in [4.78, 5) is 18.8. The van der Waals surface area contributed by atoms with Crippen molar-refractivity contribution in [1.82, 2.24) is 9.80 Å². The number of amides is 1. The van der Waals surface area contributed by atoms with Crippen molar-refractivity contribution in [2.75, 3.05) is 32.7 Å². The van der Waals surface area contributed by atoms with Crippen molar-refractivity contribution < 1.29 is 4.79 Å². The highest BCUT2D eigenvalue weighted by atomic mass is 79.9. The second kappa shape index (κ2) is 7.00. The molecule has 0 aromatic heterocycles. The molecule has 0 aromatic rings. The number of rotatable bonds is 3. The second-order valence-electron chi connectivity index (χ2n) is 11.1. The van der Waals surface area contributed by atoms with Crippen molar-refractivity contribution in [3.63, 3.8) is 0 Å². The van der Waals surface area contributed by atoms with Crippen LogP contribution in [0.1, 0.15) is 71.1 Å². The lowest BCUT2D eigenvalue weighted by atomic mass is 9.49. The molecule has 0 radical (unpaired) electrons. The minimum absolute atomic E-state index is 0.0178. The molecule has 4 bridgehead atoms. The summed E-state index contributed by atoms with van der Waals surface area (Å²) in [7, 11) is 0. The zero-order chi connectivity index (χ0) is 18.6. The summed E-state index contributed by atoms with van der Waals surface area (Å²) >= 11 is 4.09. The van der Waals surface area contributed by atoms with Crippen molar-refractivity contribution in [3.8, 4) is 0 Å². The molecule has 4 saturated carbocycles. The summed E-state index contributed by atoms with van der Waals surface area (Å²) in [5.41, 5.74) is -0.0178. The predicted octanol–water partition coefficient (Wildman–Crippen LogP) is 4.69. The van der Waals surface area contributed by atoms with E-state index in [1.165, 1.54) is 77.4 Å². The fourth-order valence-corrected chi connectivity index (χ4v) is 9.20. The lowest BCUT2D eigenvalue weighted by Crippen LogP contribution is -2.60. The number of alkyl halides is 1. The normalized spacial score (nSPS) is 45.4. The van der Waals surface area contributed by atoms with Crippen LogP contribution in [-0.2, 0) is 4.79 Å². The number of hydrogen-bond donors (Lipinski definition) is 0. The average Bonchev–Trinajstić information content (AvgIpc) is 2.61. The Labute approximate surface area is 173 Å². The molecule has 2 aliphatic heterocycles. The molecule has 27 heavy (non-hydrogen) atoms. The van der Waals surface area contributed by atoms with Gasteiger partial charge in [-0.2, -0.15) is 0 Å². The standard InChI is InChI=1S/C23H37BrN2O/c1-17-4-7-25(8-5-17)14-18-3-2-6-26(15-18)21(27)22-10-19-9-20(11-22)13-23(24,12-19)16-22/h17-20H,2-16H2,1H3. The molecule has 0 spiro atoms. The Bertz CT molecular complexity index is 571. The Balaban J connectivity index is 1.24. The van der Waals surface area contributed by atoms with Gasteiger partial charge in [0, 0.05) is 24.0 Å². The fraction of sp³-hybridized carbons (Fsp3) is 0.957. The van der Waals surface area contributed by atoms with Gasteiger partial charge >= 0.3 is 0 Å². The van der Waals surface area contributed by atoms with E-state index in [-0.39, 0.29) is 9.74 Å². The van der Waals surface area contributed by atoms with Crippen LogP contribution in [0.3, 0.4) is 0 Å². The molecule has 1 amide bonds. The number of carbonyl (C=O) groups excluding carboxylic acids is 1. The maximum absolute atomic E-state index is 13.8. The molecule has 2 saturated heterocycles. The van der Waals surface area contributed by atoms with Crippen molar-refractivity contribution in [1.29, 1.82) is 0 Å². The van der Waals surface area contributed by atoms with Crippen LogP contribution in [0.4, 0.5) is 0 Å². The fourth-order valence-electron chi connectivity index (χ4n) is 7.74. The van der Waals surface area contributed by atoms with Gasteiger partial charge in [0.15, 0.2) is 0 Å². The molecule has 6 rings (SSSR count). The van der Waals surface area contributed by atoms with Gasteiger partial charge < -0.3 is 9.80 Å². The number of piperidine rings is 2. The Morgan fingerprint density at radius 1 is 1.04 bits per heavy atom. The summed E-state index contributed by atoms with van der Waals surface area (Å²) < 4.78 is 0.284. The minimum Gasteiger partial charge on any atom is -0.342 e. The minimum atomic E-state index is -0.0178. The molecule has 3 unspecified atom stereocenters. The average molecular weight is 437 g/mol. The molecule has 0 aromatic carbocycles. The maximum Gasteiger partial charge on any atom is 0.228 e. The van der Waals surface area contributed by atoms with E-state index in [2.05, 4.69) is 32.7 Å². The number of halogens is 1. The quantitative estimate of drug-likeness (QED) is 0.598. The highest BCUT2D eigenvalue weighted by Gasteiger charge is 2.60. The molecule has 3 atom stereocenters. The highest BCUT2D eigenvalue weighted by Crippen LogP contribution is 2.64. The van der Waals surface area contributed by atoms with Crippen molar-refractivity contribution in [2.24, 2.45) is 29.1 Å². The first-order chi connectivity index (χ1) is 12.9. The van der Waals surface area contributed by atoms with Crippen LogP contribution in [0.25, 0.3) is 0 Å². The lowest BCUT2D eigenvalue weighted by Gasteiger charge is -2.60. The van der Waals surface area contributed by atoms with E-state index in [1.54, 1.807) is 0 Å². The molecule has 0 N–H and O–H groups in total. The third-order valence-electron chi connectivity index (χ3n) is 8.64. The van der Waals surface area contributed by atoms with E-state index in [0.29, 0.717) is 11.8 Å². The molecule has 152 valence electrons. The summed E-state index contributed by atoms with van der Waals surface area (Å²) in [6.07, 6.45) is 12.7. The van der Waals surface area contributed by atoms with E-state index >= 15 is 0 Å². The summed E-state index contributed by atoms with van der Waals surface area (Å²) in [5.74, 6) is 3.73. The van der Waals surface area contributed by atoms with Gasteiger partial charge in [-0.05, 0) is 101 Å². The van der Waals surface area contributed by atoms with Crippen LogP contribution in [0.15, 0.2) is 0 Å². The van der Waals surface area contributed by atoms with Gasteiger partial charge in [0.25, 0.3) is 0 Å². The second-order valence-corrected chi connectivity index (χ2v) is 12.8. The van der Waals surface area contributed by atoms with E-state index in [4.69, 9.17) is 0 Å². The molecule has 6 fully saturated rings. The van der Waals surface area contributed by atoms with E-state index in [9.17, 15) is 4.79 Å². The van der Waals surface area contributed by atoms with Crippen LogP contribution in [-0.4, -0.2) is 52.8 Å². The van der Waals surface area contributed by atoms with Gasteiger partial charge in [0.2, 0.25) is 5.91 Å². The molecular weight excluding hydrogens is 400 g/mol. The van der Waals surface area contributed by atoms with Crippen molar-refractivity contribution in [2.45, 2.75) is 75.5 Å². The Morgan fingerprint density at radius 3 is 2.41 bits per heavy atom. The van der Waals surface area contributed by atoms with Crippen LogP contribution < -0.4 is 0 Å². The smallest absolute Gasteiger partial charge is 0.228 e. The van der Waals surface area contributed by atoms with Gasteiger partial charge in [-0.3, -0.25) is 4.79 Å². The monoisotopic (exact) mass is 436 g/mol. The van der Waals surface area contributed by atoms with Gasteiger partial charge in [-0.1, -0.05) is 22.9 Å². The van der Waals surface area contributed by atoms with Gasteiger partial charge in [0.05, 0.1) is 5.41 Å². The first-order valence-electron chi connectivity index (χ1n) is 11.6. The van der Waals surface area contributed by atoms with Crippen LogP contribution in [0, 0.1) is 29.1 Å². The third-order valence-corrected chi connectivity index (χ3v) is 9.57. The first-order valence-corrected chi connectivity index (χ1v) is 12.4. The summed E-state index contributed by atoms with van der Waals surface area (Å²) in [5, 5.41) is 0. The molecule has 6 aliphatic rings. The number of carbonyl (C=O) groups is 1. The SMILES string of the molecule is CC1CCN(CC2CCCN(C(=O)C34CC5CC(CC(Br)(C5)C3)C4)C2)CC1. The number of hydrogen-bond acceptors (Lipinski definition) is 2. The first kappa shape index (κ1) is 18.9. The van der Waals surface area contributed by atoms with Crippen LogP contribution in [0.5, 0.6) is 0 Å². The highest BCUT2D eigenvalue weighted by molar-refractivity contribution is 9.10. The Morgan fingerprint density at radius 2 is 1.74 bits per heavy atom. The molecule has 3 nitrogen and oxygen atoms in total. The van der Waals surface area contributed by atoms with E-state index < -0.39 is 0 Å². The van der Waals surface area contributed by atoms with E-state index in [1.807, 2.05) is 0 Å². The number of nitrogens with zero attached hydrogens (tertiary/aromatic N) is 2. The molecular formula is C23H37BrN2O. The molecule has 4 heteroatoms.